The summed E-state index contributed by atoms with van der Waals surface area (Å²) in [6, 6.07) is 6.73. The Hall–Kier alpha value is -1.77. The Balaban J connectivity index is 1.56. The molecule has 0 bridgehead atoms. The van der Waals surface area contributed by atoms with Gasteiger partial charge in [0.05, 0.1) is 18.1 Å². The Labute approximate surface area is 154 Å². The fourth-order valence-electron chi connectivity index (χ4n) is 3.18. The van der Waals surface area contributed by atoms with Gasteiger partial charge < -0.3 is 9.64 Å². The van der Waals surface area contributed by atoms with Crippen molar-refractivity contribution in [2.24, 2.45) is 0 Å². The fourth-order valence-corrected chi connectivity index (χ4v) is 4.59. The van der Waals surface area contributed by atoms with Crippen molar-refractivity contribution in [2.75, 3.05) is 39.4 Å². The molecule has 1 amide bonds. The van der Waals surface area contributed by atoms with Crippen LogP contribution in [-0.4, -0.2) is 68.7 Å². The molecule has 2 saturated heterocycles. The maximum absolute atomic E-state index is 12.6. The van der Waals surface area contributed by atoms with E-state index >= 15 is 0 Å². The molecule has 0 aliphatic carbocycles. The number of ether oxygens (including phenoxy) is 1. The van der Waals surface area contributed by atoms with Gasteiger partial charge in [0.15, 0.2) is 0 Å². The molecule has 0 N–H and O–H groups in total. The summed E-state index contributed by atoms with van der Waals surface area (Å²) >= 11 is 0. The summed E-state index contributed by atoms with van der Waals surface area (Å²) in [6.07, 6.45) is 1.81. The third kappa shape index (κ3) is 4.49. The fraction of sp³-hybridized carbons (Fsp3) is 0.556. The van der Waals surface area contributed by atoms with Gasteiger partial charge in [-0.15, -0.1) is 0 Å². The van der Waals surface area contributed by atoms with E-state index < -0.39 is 10.0 Å². The van der Waals surface area contributed by atoms with Gasteiger partial charge in [-0.1, -0.05) is 12.1 Å². The minimum atomic E-state index is -3.49. The molecule has 1 aromatic carbocycles. The molecule has 0 saturated carbocycles. The average Bonchev–Trinajstić information content (AvgIpc) is 2.67. The highest BCUT2D eigenvalue weighted by Crippen LogP contribution is 2.18. The molecular formula is C18H24N2O5S. The largest absolute Gasteiger partial charge is 0.379 e. The second-order valence-electron chi connectivity index (χ2n) is 6.58. The van der Waals surface area contributed by atoms with Crippen molar-refractivity contribution in [1.29, 1.82) is 0 Å². The number of piperidine rings is 1. The number of aryl methyl sites for hydroxylation is 1. The molecule has 142 valence electrons. The summed E-state index contributed by atoms with van der Waals surface area (Å²) in [5, 5.41) is 0. The molecule has 0 spiro atoms. The minimum absolute atomic E-state index is 0.0440. The van der Waals surface area contributed by atoms with Crippen LogP contribution >= 0.6 is 0 Å². The molecule has 8 heteroatoms. The van der Waals surface area contributed by atoms with Crippen LogP contribution in [0.15, 0.2) is 29.2 Å². The quantitative estimate of drug-likeness (QED) is 0.756. The van der Waals surface area contributed by atoms with Gasteiger partial charge in [-0.2, -0.15) is 4.31 Å². The highest BCUT2D eigenvalue weighted by Gasteiger charge is 2.26. The molecule has 1 aromatic rings. The smallest absolute Gasteiger partial charge is 0.243 e. The summed E-state index contributed by atoms with van der Waals surface area (Å²) in [6.45, 7) is 2.60. The molecule has 0 atom stereocenters. The first-order valence-electron chi connectivity index (χ1n) is 8.93. The van der Waals surface area contributed by atoms with Crippen LogP contribution in [0.5, 0.6) is 0 Å². The lowest BCUT2D eigenvalue weighted by Gasteiger charge is -2.26. The Morgan fingerprint density at radius 3 is 2.23 bits per heavy atom. The maximum atomic E-state index is 12.6. The van der Waals surface area contributed by atoms with E-state index in [0.29, 0.717) is 65.1 Å². The van der Waals surface area contributed by atoms with E-state index in [1.807, 2.05) is 0 Å². The van der Waals surface area contributed by atoms with E-state index in [4.69, 9.17) is 4.74 Å². The summed E-state index contributed by atoms with van der Waals surface area (Å²) in [7, 11) is -3.49. The van der Waals surface area contributed by atoms with E-state index in [2.05, 4.69) is 0 Å². The number of sulfonamides is 1. The summed E-state index contributed by atoms with van der Waals surface area (Å²) < 4.78 is 31.8. The van der Waals surface area contributed by atoms with E-state index in [1.54, 1.807) is 29.2 Å². The first kappa shape index (κ1) is 19.0. The van der Waals surface area contributed by atoms with Gasteiger partial charge in [-0.25, -0.2) is 8.42 Å². The van der Waals surface area contributed by atoms with E-state index in [1.165, 1.54) is 4.31 Å². The molecule has 0 unspecified atom stereocenters. The number of likely N-dealkylation sites (tertiary alicyclic amines) is 1. The summed E-state index contributed by atoms with van der Waals surface area (Å²) in [5.74, 6) is 0.258. The van der Waals surface area contributed by atoms with Crippen molar-refractivity contribution in [3.8, 4) is 0 Å². The van der Waals surface area contributed by atoms with Crippen molar-refractivity contribution < 1.29 is 22.7 Å². The predicted molar refractivity (Wildman–Crippen MR) is 95.2 cm³/mol. The standard InChI is InChI=1S/C18H24N2O5S/c21-16-7-9-19(10-8-16)18(22)6-3-15-1-4-17(5-2-15)26(23,24)20-11-13-25-14-12-20/h1-2,4-5H,3,6-14H2. The van der Waals surface area contributed by atoms with Crippen molar-refractivity contribution in [2.45, 2.75) is 30.6 Å². The Morgan fingerprint density at radius 2 is 1.62 bits per heavy atom. The molecule has 3 rings (SSSR count). The van der Waals surface area contributed by atoms with Crippen molar-refractivity contribution in [3.05, 3.63) is 29.8 Å². The zero-order valence-electron chi connectivity index (χ0n) is 14.7. The van der Waals surface area contributed by atoms with Crippen LogP contribution in [-0.2, 0) is 30.8 Å². The normalized spacial score (nSPS) is 19.5. The van der Waals surface area contributed by atoms with Crippen molar-refractivity contribution in [1.82, 2.24) is 9.21 Å². The number of amides is 1. The highest BCUT2D eigenvalue weighted by molar-refractivity contribution is 7.89. The zero-order chi connectivity index (χ0) is 18.6. The van der Waals surface area contributed by atoms with Gasteiger partial charge >= 0.3 is 0 Å². The highest BCUT2D eigenvalue weighted by atomic mass is 32.2. The molecule has 2 heterocycles. The lowest BCUT2D eigenvalue weighted by molar-refractivity contribution is -0.134. The number of carbonyl (C=O) groups is 2. The lowest BCUT2D eigenvalue weighted by atomic mass is 10.1. The lowest BCUT2D eigenvalue weighted by Crippen LogP contribution is -2.40. The number of rotatable bonds is 5. The molecule has 0 radical (unpaired) electrons. The molecule has 26 heavy (non-hydrogen) atoms. The molecule has 2 fully saturated rings. The summed E-state index contributed by atoms with van der Waals surface area (Å²) in [5.41, 5.74) is 0.923. The van der Waals surface area contributed by atoms with E-state index in [0.717, 1.165) is 5.56 Å². The number of nitrogens with zero attached hydrogens (tertiary/aromatic N) is 2. The molecule has 0 aromatic heterocycles. The zero-order valence-corrected chi connectivity index (χ0v) is 15.5. The minimum Gasteiger partial charge on any atom is -0.379 e. The number of hydrogen-bond donors (Lipinski definition) is 0. The van der Waals surface area contributed by atoms with Crippen LogP contribution in [0.1, 0.15) is 24.8 Å². The first-order valence-corrected chi connectivity index (χ1v) is 10.4. The Kier molecular flexibility index (Phi) is 6.05. The number of hydrogen-bond acceptors (Lipinski definition) is 5. The van der Waals surface area contributed by atoms with Crippen molar-refractivity contribution >= 4 is 21.7 Å². The van der Waals surface area contributed by atoms with Crippen LogP contribution < -0.4 is 0 Å². The number of benzene rings is 1. The SMILES string of the molecule is O=C1CCN(C(=O)CCc2ccc(S(=O)(=O)N3CCOCC3)cc2)CC1. The average molecular weight is 380 g/mol. The van der Waals surface area contributed by atoms with Crippen LogP contribution in [0.3, 0.4) is 0 Å². The van der Waals surface area contributed by atoms with Crippen molar-refractivity contribution in [3.63, 3.8) is 0 Å². The van der Waals surface area contributed by atoms with E-state index in [-0.39, 0.29) is 16.6 Å². The van der Waals surface area contributed by atoms with Crippen LogP contribution in [0.25, 0.3) is 0 Å². The summed E-state index contributed by atoms with van der Waals surface area (Å²) in [4.78, 5) is 25.5. The van der Waals surface area contributed by atoms with E-state index in [9.17, 15) is 18.0 Å². The van der Waals surface area contributed by atoms with Gasteiger partial charge in [-0.3, -0.25) is 9.59 Å². The van der Waals surface area contributed by atoms with Gasteiger partial charge in [-0.05, 0) is 24.1 Å². The second kappa shape index (κ2) is 8.28. The molecular weight excluding hydrogens is 356 g/mol. The van der Waals surface area contributed by atoms with Crippen LogP contribution in [0.4, 0.5) is 0 Å². The Bertz CT molecular complexity index is 744. The van der Waals surface area contributed by atoms with Gasteiger partial charge in [0, 0.05) is 45.4 Å². The second-order valence-corrected chi connectivity index (χ2v) is 8.52. The van der Waals surface area contributed by atoms with Crippen LogP contribution in [0.2, 0.25) is 0 Å². The third-order valence-electron chi connectivity index (χ3n) is 4.83. The van der Waals surface area contributed by atoms with Crippen LogP contribution in [0, 0.1) is 0 Å². The third-order valence-corrected chi connectivity index (χ3v) is 6.75. The Morgan fingerprint density at radius 1 is 1.00 bits per heavy atom. The monoisotopic (exact) mass is 380 g/mol. The number of Topliss-reactive ketones (excluding diaryl/α,β-unsaturated/α-hetero) is 1. The number of carbonyl (C=O) groups excluding carboxylic acids is 2. The van der Waals surface area contributed by atoms with Gasteiger partial charge in [0.25, 0.3) is 0 Å². The maximum Gasteiger partial charge on any atom is 0.243 e. The van der Waals surface area contributed by atoms with Gasteiger partial charge in [0.2, 0.25) is 15.9 Å². The van der Waals surface area contributed by atoms with Gasteiger partial charge in [0.1, 0.15) is 5.78 Å². The number of morpholine rings is 1. The predicted octanol–water partition coefficient (Wildman–Crippen LogP) is 0.832. The molecule has 2 aliphatic heterocycles. The first-order chi connectivity index (χ1) is 12.5. The topological polar surface area (TPSA) is 84.0 Å². The number of ketones is 1. The molecule has 7 nitrogen and oxygen atoms in total. The molecule has 2 aliphatic rings.